The van der Waals surface area contributed by atoms with E-state index in [0.717, 1.165) is 40.3 Å². The summed E-state index contributed by atoms with van der Waals surface area (Å²) in [6, 6.07) is 13.1. The first-order valence-corrected chi connectivity index (χ1v) is 10.7. The van der Waals surface area contributed by atoms with Crippen LogP contribution in [0.25, 0.3) is 10.8 Å². The number of benzene rings is 2. The largest absolute Gasteiger partial charge is 0.337 e. The minimum atomic E-state index is 0.128. The summed E-state index contributed by atoms with van der Waals surface area (Å²) >= 11 is 3.63. The molecule has 2 fully saturated rings. The Bertz CT molecular complexity index is 826. The molecule has 0 bridgehead atoms. The summed E-state index contributed by atoms with van der Waals surface area (Å²) in [4.78, 5) is 20.3. The number of hydrogen-bond donors (Lipinski definition) is 0. The summed E-state index contributed by atoms with van der Waals surface area (Å²) in [6.07, 6.45) is 3.56. The highest BCUT2D eigenvalue weighted by Gasteiger charge is 2.33. The topological polar surface area (TPSA) is 26.8 Å². The number of piperidine rings is 1. The van der Waals surface area contributed by atoms with E-state index in [1.54, 1.807) is 0 Å². The van der Waals surface area contributed by atoms with Gasteiger partial charge in [-0.05, 0) is 56.9 Å². The van der Waals surface area contributed by atoms with Crippen LogP contribution in [-0.4, -0.2) is 73.0 Å². The van der Waals surface area contributed by atoms with E-state index in [9.17, 15) is 4.79 Å². The summed E-state index contributed by atoms with van der Waals surface area (Å²) in [5.74, 6) is 0.128. The van der Waals surface area contributed by atoms with Crippen LogP contribution in [0.3, 0.4) is 0 Å². The number of carbonyl (C=O) groups excluding carboxylic acids is 1. The molecule has 0 aromatic heterocycles. The Labute approximate surface area is 170 Å². The standard InChI is InChI=1S/C22H28BrN3O/c1-24-12-9-17(10-13-24)26-14-11-18(15-26)25(2)22(27)19-7-3-5-16-6-4-8-20(23)21(16)19/h3-8,17-18H,9-15H2,1-2H3. The lowest BCUT2D eigenvalue weighted by molar-refractivity contribution is 0.0723. The second-order valence-corrected chi connectivity index (χ2v) is 8.89. The fraction of sp³-hybridized carbons (Fsp3) is 0.500. The van der Waals surface area contributed by atoms with E-state index in [2.05, 4.69) is 44.9 Å². The average molecular weight is 430 g/mol. The van der Waals surface area contributed by atoms with Gasteiger partial charge in [0.1, 0.15) is 0 Å². The zero-order valence-corrected chi connectivity index (χ0v) is 17.8. The molecular formula is C22H28BrN3O. The van der Waals surface area contributed by atoms with Crippen molar-refractivity contribution < 1.29 is 4.79 Å². The normalized spacial score (nSPS) is 22.4. The first-order valence-electron chi connectivity index (χ1n) is 9.91. The highest BCUT2D eigenvalue weighted by molar-refractivity contribution is 9.10. The Morgan fingerprint density at radius 2 is 1.78 bits per heavy atom. The Balaban J connectivity index is 1.49. The molecular weight excluding hydrogens is 402 g/mol. The number of carbonyl (C=O) groups is 1. The van der Waals surface area contributed by atoms with Crippen LogP contribution < -0.4 is 0 Å². The van der Waals surface area contributed by atoms with Gasteiger partial charge in [-0.1, -0.05) is 40.2 Å². The van der Waals surface area contributed by atoms with Crippen molar-refractivity contribution >= 4 is 32.6 Å². The van der Waals surface area contributed by atoms with Gasteiger partial charge in [-0.25, -0.2) is 0 Å². The monoisotopic (exact) mass is 429 g/mol. The second-order valence-electron chi connectivity index (χ2n) is 8.03. The number of hydrogen-bond acceptors (Lipinski definition) is 3. The Hall–Kier alpha value is -1.43. The van der Waals surface area contributed by atoms with Crippen LogP contribution >= 0.6 is 15.9 Å². The van der Waals surface area contributed by atoms with Crippen molar-refractivity contribution in [3.8, 4) is 0 Å². The van der Waals surface area contributed by atoms with Crippen LogP contribution in [0.15, 0.2) is 40.9 Å². The maximum Gasteiger partial charge on any atom is 0.254 e. The zero-order valence-electron chi connectivity index (χ0n) is 16.2. The molecule has 0 N–H and O–H groups in total. The molecule has 0 saturated carbocycles. The fourth-order valence-electron chi connectivity index (χ4n) is 4.61. The summed E-state index contributed by atoms with van der Waals surface area (Å²) < 4.78 is 0.983. The number of fused-ring (bicyclic) bond motifs is 1. The predicted molar refractivity (Wildman–Crippen MR) is 114 cm³/mol. The SMILES string of the molecule is CN1CCC(N2CCC(N(C)C(=O)c3cccc4cccc(Br)c34)C2)CC1. The van der Waals surface area contributed by atoms with Gasteiger partial charge in [0, 0.05) is 47.6 Å². The smallest absolute Gasteiger partial charge is 0.254 e. The van der Waals surface area contributed by atoms with Gasteiger partial charge < -0.3 is 9.80 Å². The first-order chi connectivity index (χ1) is 13.0. The van der Waals surface area contributed by atoms with E-state index in [0.29, 0.717) is 12.1 Å². The van der Waals surface area contributed by atoms with Gasteiger partial charge in [-0.15, -0.1) is 0 Å². The van der Waals surface area contributed by atoms with Gasteiger partial charge in [0.2, 0.25) is 0 Å². The molecule has 2 heterocycles. The molecule has 2 aromatic carbocycles. The van der Waals surface area contributed by atoms with Gasteiger partial charge in [-0.3, -0.25) is 9.69 Å². The zero-order chi connectivity index (χ0) is 19.0. The number of amides is 1. The van der Waals surface area contributed by atoms with Crippen molar-refractivity contribution in [1.29, 1.82) is 0 Å². The van der Waals surface area contributed by atoms with E-state index in [4.69, 9.17) is 0 Å². The fourth-order valence-corrected chi connectivity index (χ4v) is 5.20. The summed E-state index contributed by atoms with van der Waals surface area (Å²) in [7, 11) is 4.18. The molecule has 144 valence electrons. The van der Waals surface area contributed by atoms with Crippen LogP contribution in [0.2, 0.25) is 0 Å². The van der Waals surface area contributed by atoms with E-state index < -0.39 is 0 Å². The van der Waals surface area contributed by atoms with Crippen LogP contribution in [0.4, 0.5) is 0 Å². The molecule has 2 aliphatic heterocycles. The van der Waals surface area contributed by atoms with Gasteiger partial charge in [-0.2, -0.15) is 0 Å². The van der Waals surface area contributed by atoms with E-state index >= 15 is 0 Å². The number of halogens is 1. The van der Waals surface area contributed by atoms with Crippen molar-refractivity contribution in [2.45, 2.75) is 31.3 Å². The molecule has 0 radical (unpaired) electrons. The molecule has 1 unspecified atom stereocenters. The molecule has 4 rings (SSSR count). The number of rotatable bonds is 3. The highest BCUT2D eigenvalue weighted by Crippen LogP contribution is 2.29. The molecule has 2 saturated heterocycles. The number of nitrogens with zero attached hydrogens (tertiary/aromatic N) is 3. The maximum absolute atomic E-state index is 13.3. The number of likely N-dealkylation sites (tertiary alicyclic amines) is 2. The van der Waals surface area contributed by atoms with Crippen molar-refractivity contribution in [2.75, 3.05) is 40.3 Å². The quantitative estimate of drug-likeness (QED) is 0.741. The third-order valence-electron chi connectivity index (χ3n) is 6.35. The summed E-state index contributed by atoms with van der Waals surface area (Å²) in [5, 5.41) is 2.12. The highest BCUT2D eigenvalue weighted by atomic mass is 79.9. The van der Waals surface area contributed by atoms with Crippen molar-refractivity contribution in [3.05, 3.63) is 46.4 Å². The van der Waals surface area contributed by atoms with E-state index in [-0.39, 0.29) is 5.91 Å². The van der Waals surface area contributed by atoms with Gasteiger partial charge in [0.25, 0.3) is 5.91 Å². The number of likely N-dealkylation sites (N-methyl/N-ethyl adjacent to an activating group) is 1. The Morgan fingerprint density at radius 3 is 2.52 bits per heavy atom. The molecule has 27 heavy (non-hydrogen) atoms. The minimum absolute atomic E-state index is 0.128. The lowest BCUT2D eigenvalue weighted by atomic mass is 10.0. The lowest BCUT2D eigenvalue weighted by Crippen LogP contribution is -2.45. The molecule has 1 atom stereocenters. The van der Waals surface area contributed by atoms with Crippen LogP contribution in [0, 0.1) is 0 Å². The predicted octanol–water partition coefficient (Wildman–Crippen LogP) is 3.84. The summed E-state index contributed by atoms with van der Waals surface area (Å²) in [6.45, 7) is 4.48. The lowest BCUT2D eigenvalue weighted by Gasteiger charge is -2.35. The molecule has 5 heteroatoms. The van der Waals surface area contributed by atoms with Crippen LogP contribution in [0.5, 0.6) is 0 Å². The maximum atomic E-state index is 13.3. The molecule has 4 nitrogen and oxygen atoms in total. The van der Waals surface area contributed by atoms with Gasteiger partial charge in [0.05, 0.1) is 0 Å². The molecule has 2 aliphatic rings. The summed E-state index contributed by atoms with van der Waals surface area (Å²) in [5.41, 5.74) is 0.792. The second kappa shape index (κ2) is 7.90. The molecule has 1 amide bonds. The molecule has 0 spiro atoms. The first kappa shape index (κ1) is 18.9. The third kappa shape index (κ3) is 3.78. The molecule has 2 aromatic rings. The van der Waals surface area contributed by atoms with Crippen LogP contribution in [0.1, 0.15) is 29.6 Å². The Morgan fingerprint density at radius 1 is 1.07 bits per heavy atom. The van der Waals surface area contributed by atoms with Crippen molar-refractivity contribution in [1.82, 2.24) is 14.7 Å². The third-order valence-corrected chi connectivity index (χ3v) is 7.01. The average Bonchev–Trinajstić information content (AvgIpc) is 3.17. The van der Waals surface area contributed by atoms with Gasteiger partial charge >= 0.3 is 0 Å². The van der Waals surface area contributed by atoms with Crippen molar-refractivity contribution in [3.63, 3.8) is 0 Å². The van der Waals surface area contributed by atoms with Crippen LogP contribution in [-0.2, 0) is 0 Å². The Kier molecular flexibility index (Phi) is 5.53. The van der Waals surface area contributed by atoms with E-state index in [1.807, 2.05) is 36.2 Å². The van der Waals surface area contributed by atoms with Gasteiger partial charge in [0.15, 0.2) is 0 Å². The van der Waals surface area contributed by atoms with E-state index in [1.165, 1.54) is 25.9 Å². The molecule has 0 aliphatic carbocycles. The minimum Gasteiger partial charge on any atom is -0.337 e. The van der Waals surface area contributed by atoms with Crippen molar-refractivity contribution in [2.24, 2.45) is 0 Å².